The predicted octanol–water partition coefficient (Wildman–Crippen LogP) is 2.02. The second-order valence-corrected chi connectivity index (χ2v) is 4.21. The highest BCUT2D eigenvalue weighted by Crippen LogP contribution is 2.35. The van der Waals surface area contributed by atoms with E-state index in [2.05, 4.69) is 0 Å². The molecule has 0 amide bonds. The Hall–Kier alpha value is -1.06. The van der Waals surface area contributed by atoms with Crippen molar-refractivity contribution < 1.29 is 15.0 Å². The second-order valence-electron chi connectivity index (χ2n) is 3.77. The molecular formula is C11H11ClO3. The maximum Gasteiger partial charge on any atom is 0.309 e. The average molecular weight is 227 g/mol. The summed E-state index contributed by atoms with van der Waals surface area (Å²) in [6.45, 7) is 0. The van der Waals surface area contributed by atoms with Crippen LogP contribution in [0.25, 0.3) is 0 Å². The van der Waals surface area contributed by atoms with Gasteiger partial charge in [0.2, 0.25) is 0 Å². The zero-order valence-electron chi connectivity index (χ0n) is 7.98. The molecule has 0 bridgehead atoms. The summed E-state index contributed by atoms with van der Waals surface area (Å²) >= 11 is 5.83. The first kappa shape index (κ1) is 10.5. The molecule has 2 atom stereocenters. The van der Waals surface area contributed by atoms with Gasteiger partial charge in [-0.2, -0.15) is 0 Å². The standard InChI is InChI=1S/C11H11ClO3/c12-7-2-4-8-6(5-7)1-3-9(10(8)13)11(14)15/h2,4-5,9-10,13H,1,3H2,(H,14,15)/t9-,10+/m0/s1. The van der Waals surface area contributed by atoms with Crippen LogP contribution in [-0.4, -0.2) is 16.2 Å². The van der Waals surface area contributed by atoms with Gasteiger partial charge in [-0.25, -0.2) is 0 Å². The van der Waals surface area contributed by atoms with Crippen LogP contribution in [0, 0.1) is 5.92 Å². The van der Waals surface area contributed by atoms with Crippen LogP contribution in [0.2, 0.25) is 5.02 Å². The van der Waals surface area contributed by atoms with Crippen molar-refractivity contribution in [2.24, 2.45) is 5.92 Å². The maximum atomic E-state index is 10.9. The van der Waals surface area contributed by atoms with E-state index in [4.69, 9.17) is 16.7 Å². The lowest BCUT2D eigenvalue weighted by Crippen LogP contribution is -2.27. The van der Waals surface area contributed by atoms with Gasteiger partial charge in [0.15, 0.2) is 0 Å². The van der Waals surface area contributed by atoms with Crippen LogP contribution >= 0.6 is 11.6 Å². The molecule has 0 aliphatic heterocycles. The molecule has 0 saturated heterocycles. The molecule has 4 heteroatoms. The Labute approximate surface area is 92.3 Å². The van der Waals surface area contributed by atoms with E-state index < -0.39 is 18.0 Å². The first-order valence-electron chi connectivity index (χ1n) is 4.79. The first-order valence-corrected chi connectivity index (χ1v) is 5.16. The summed E-state index contributed by atoms with van der Waals surface area (Å²) in [5.74, 6) is -1.64. The largest absolute Gasteiger partial charge is 0.481 e. The molecule has 1 aromatic carbocycles. The normalized spacial score (nSPS) is 24.7. The van der Waals surface area contributed by atoms with E-state index in [0.29, 0.717) is 23.4 Å². The number of aryl methyl sites for hydroxylation is 1. The lowest BCUT2D eigenvalue weighted by molar-refractivity contribution is -0.146. The van der Waals surface area contributed by atoms with E-state index in [1.165, 1.54) is 0 Å². The summed E-state index contributed by atoms with van der Waals surface area (Å²) in [5.41, 5.74) is 1.64. The molecule has 1 aliphatic rings. The highest BCUT2D eigenvalue weighted by Gasteiger charge is 2.32. The monoisotopic (exact) mass is 226 g/mol. The van der Waals surface area contributed by atoms with Crippen molar-refractivity contribution in [2.45, 2.75) is 18.9 Å². The third-order valence-corrected chi connectivity index (χ3v) is 3.08. The Morgan fingerprint density at radius 3 is 2.87 bits per heavy atom. The molecule has 1 aliphatic carbocycles. The Balaban J connectivity index is 2.38. The number of aliphatic hydroxyl groups is 1. The molecule has 15 heavy (non-hydrogen) atoms. The van der Waals surface area contributed by atoms with Crippen LogP contribution in [-0.2, 0) is 11.2 Å². The summed E-state index contributed by atoms with van der Waals surface area (Å²) in [6.07, 6.45) is 0.205. The molecule has 0 spiro atoms. The number of fused-ring (bicyclic) bond motifs is 1. The Morgan fingerprint density at radius 1 is 1.47 bits per heavy atom. The molecule has 2 rings (SSSR count). The van der Waals surface area contributed by atoms with E-state index in [1.54, 1.807) is 18.2 Å². The fourth-order valence-corrected chi connectivity index (χ4v) is 2.22. The van der Waals surface area contributed by atoms with Crippen LogP contribution in [0.5, 0.6) is 0 Å². The van der Waals surface area contributed by atoms with E-state index >= 15 is 0 Å². The fourth-order valence-electron chi connectivity index (χ4n) is 2.02. The van der Waals surface area contributed by atoms with Crippen molar-refractivity contribution in [3.63, 3.8) is 0 Å². The van der Waals surface area contributed by atoms with Crippen LogP contribution in [0.3, 0.4) is 0 Å². The van der Waals surface area contributed by atoms with Crippen molar-refractivity contribution in [3.05, 3.63) is 34.3 Å². The second kappa shape index (κ2) is 3.83. The van der Waals surface area contributed by atoms with E-state index in [9.17, 15) is 9.90 Å². The summed E-state index contributed by atoms with van der Waals surface area (Å²) < 4.78 is 0. The van der Waals surface area contributed by atoms with Crippen molar-refractivity contribution in [2.75, 3.05) is 0 Å². The first-order chi connectivity index (χ1) is 7.09. The smallest absolute Gasteiger partial charge is 0.309 e. The number of benzene rings is 1. The summed E-state index contributed by atoms with van der Waals surface area (Å²) in [4.78, 5) is 10.9. The number of carboxylic acids is 1. The van der Waals surface area contributed by atoms with Crippen molar-refractivity contribution in [1.29, 1.82) is 0 Å². The zero-order valence-corrected chi connectivity index (χ0v) is 8.74. The quantitative estimate of drug-likeness (QED) is 0.770. The summed E-state index contributed by atoms with van der Waals surface area (Å²) in [6, 6.07) is 5.17. The van der Waals surface area contributed by atoms with Crippen molar-refractivity contribution in [3.8, 4) is 0 Å². The maximum absolute atomic E-state index is 10.9. The summed E-state index contributed by atoms with van der Waals surface area (Å²) in [7, 11) is 0. The van der Waals surface area contributed by atoms with Gasteiger partial charge in [-0.15, -0.1) is 0 Å². The van der Waals surface area contributed by atoms with Crippen LogP contribution in [0.15, 0.2) is 18.2 Å². The van der Waals surface area contributed by atoms with Gasteiger partial charge in [0, 0.05) is 5.02 Å². The number of aliphatic hydroxyl groups excluding tert-OH is 1. The van der Waals surface area contributed by atoms with Gasteiger partial charge in [0.1, 0.15) is 0 Å². The molecule has 80 valence electrons. The Bertz CT molecular complexity index is 403. The van der Waals surface area contributed by atoms with Crippen molar-refractivity contribution >= 4 is 17.6 Å². The van der Waals surface area contributed by atoms with E-state index in [1.807, 2.05) is 0 Å². The number of halogens is 1. The van der Waals surface area contributed by atoms with Gasteiger partial charge in [-0.05, 0) is 36.1 Å². The number of hydrogen-bond donors (Lipinski definition) is 2. The third kappa shape index (κ3) is 1.85. The highest BCUT2D eigenvalue weighted by molar-refractivity contribution is 6.30. The SMILES string of the molecule is O=C(O)[C@H]1CCc2cc(Cl)ccc2[C@H]1O. The Kier molecular flexibility index (Phi) is 2.67. The van der Waals surface area contributed by atoms with Gasteiger partial charge in [0.05, 0.1) is 12.0 Å². The minimum absolute atomic E-state index is 0.462. The molecule has 0 unspecified atom stereocenters. The number of hydrogen-bond acceptors (Lipinski definition) is 2. The minimum atomic E-state index is -0.942. The molecule has 0 radical (unpaired) electrons. The molecule has 3 nitrogen and oxygen atoms in total. The molecule has 0 aromatic heterocycles. The van der Waals surface area contributed by atoms with Gasteiger partial charge in [0.25, 0.3) is 0 Å². The van der Waals surface area contributed by atoms with Crippen LogP contribution in [0.4, 0.5) is 0 Å². The number of carboxylic acid groups (broad SMARTS) is 1. The summed E-state index contributed by atoms with van der Waals surface area (Å²) in [5, 5.41) is 19.4. The predicted molar refractivity (Wildman–Crippen MR) is 55.9 cm³/mol. The van der Waals surface area contributed by atoms with Gasteiger partial charge < -0.3 is 10.2 Å². The number of carbonyl (C=O) groups is 1. The van der Waals surface area contributed by atoms with Crippen molar-refractivity contribution in [1.82, 2.24) is 0 Å². The fraction of sp³-hybridized carbons (Fsp3) is 0.364. The molecule has 2 N–H and O–H groups in total. The number of rotatable bonds is 1. The lowest BCUT2D eigenvalue weighted by atomic mass is 9.81. The van der Waals surface area contributed by atoms with E-state index in [-0.39, 0.29) is 0 Å². The topological polar surface area (TPSA) is 57.5 Å². The van der Waals surface area contributed by atoms with Gasteiger partial charge in [-0.3, -0.25) is 4.79 Å². The zero-order chi connectivity index (χ0) is 11.0. The highest BCUT2D eigenvalue weighted by atomic mass is 35.5. The van der Waals surface area contributed by atoms with Gasteiger partial charge in [-0.1, -0.05) is 17.7 Å². The third-order valence-electron chi connectivity index (χ3n) is 2.85. The molecule has 0 fully saturated rings. The molecule has 0 heterocycles. The van der Waals surface area contributed by atoms with E-state index in [0.717, 1.165) is 5.56 Å². The molecular weight excluding hydrogens is 216 g/mol. The molecule has 1 aromatic rings. The minimum Gasteiger partial charge on any atom is -0.481 e. The Morgan fingerprint density at radius 2 is 2.20 bits per heavy atom. The molecule has 0 saturated carbocycles. The number of aliphatic carboxylic acids is 1. The van der Waals surface area contributed by atoms with Crippen LogP contribution in [0.1, 0.15) is 23.7 Å². The lowest BCUT2D eigenvalue weighted by Gasteiger charge is -2.27. The van der Waals surface area contributed by atoms with Gasteiger partial charge >= 0.3 is 5.97 Å². The van der Waals surface area contributed by atoms with Crippen LogP contribution < -0.4 is 0 Å². The average Bonchev–Trinajstić information content (AvgIpc) is 2.17.